The fourth-order valence-corrected chi connectivity index (χ4v) is 17.9. The summed E-state index contributed by atoms with van der Waals surface area (Å²) in [6.07, 6.45) is 12.4. The van der Waals surface area contributed by atoms with E-state index < -0.39 is 11.0 Å². The van der Waals surface area contributed by atoms with E-state index >= 15 is 0 Å². The van der Waals surface area contributed by atoms with Crippen molar-refractivity contribution in [2.75, 3.05) is 0 Å². The second-order valence-corrected chi connectivity index (χ2v) is 26.3. The maximum Gasteiger partial charge on any atom is 0.318 e. The number of Topliss-reactive ketones (excluding diaryl/α,β-unsaturated/α-hetero) is 1. The first-order valence-electron chi connectivity index (χ1n) is 27.2. The van der Waals surface area contributed by atoms with Crippen LogP contribution in [0.5, 0.6) is 0 Å². The predicted molar refractivity (Wildman–Crippen MR) is 266 cm³/mol. The Morgan fingerprint density at radius 1 is 0.725 bits per heavy atom. The molecule has 0 spiro atoms. The van der Waals surface area contributed by atoms with Crippen LogP contribution in [0, 0.1) is 69.5 Å². The molecule has 8 aliphatic rings. The molecule has 2 bridgehead atoms. The predicted octanol–water partition coefficient (Wildman–Crippen LogP) is 11.6. The maximum absolute atomic E-state index is 15.0. The molecule has 10 rings (SSSR count). The van der Waals surface area contributed by atoms with Crippen molar-refractivity contribution in [3.63, 3.8) is 0 Å². The van der Waals surface area contributed by atoms with Gasteiger partial charge in [-0.2, -0.15) is 0 Å². The summed E-state index contributed by atoms with van der Waals surface area (Å²) in [7, 11) is 0. The zero-order chi connectivity index (χ0) is 49.4. The van der Waals surface area contributed by atoms with E-state index in [1.165, 1.54) is 5.57 Å². The number of rotatable bonds is 9. The van der Waals surface area contributed by atoms with Crippen molar-refractivity contribution in [3.8, 4) is 0 Å². The van der Waals surface area contributed by atoms with Crippen molar-refractivity contribution in [1.29, 1.82) is 0 Å². The number of urea groups is 1. The molecule has 1 aromatic heterocycles. The molecule has 11 heteroatoms. The highest BCUT2D eigenvalue weighted by atomic mass is 16.5. The average molecular weight is 946 g/mol. The van der Waals surface area contributed by atoms with Crippen LogP contribution in [0.3, 0.4) is 0 Å². The summed E-state index contributed by atoms with van der Waals surface area (Å²) >= 11 is 0. The van der Waals surface area contributed by atoms with E-state index in [9.17, 15) is 19.2 Å². The van der Waals surface area contributed by atoms with Gasteiger partial charge in [0.25, 0.3) is 0 Å². The normalized spacial score (nSPS) is 39.5. The second kappa shape index (κ2) is 16.8. The quantitative estimate of drug-likeness (QED) is 0.246. The van der Waals surface area contributed by atoms with Gasteiger partial charge in [0.15, 0.2) is 5.78 Å². The molecule has 69 heavy (non-hydrogen) atoms. The number of aryl methyl sites for hydroxylation is 1. The third-order valence-corrected chi connectivity index (χ3v) is 21.8. The number of allylic oxidation sites excluding steroid dienone is 1. The van der Waals surface area contributed by atoms with Crippen LogP contribution in [0.15, 0.2) is 41.5 Å². The Morgan fingerprint density at radius 2 is 1.41 bits per heavy atom. The molecule has 12 atom stereocenters. The molecule has 7 fully saturated rings. The standard InChI is InChI=1S/C58H83N5O6/c1-33(2)47-43(64)31-58(59-52(67)63-37-18-19-38(63)29-39(28-37)62-35(5)60-61-49(62)34(3)4)27-26-56(11)40(48(47)58)20-21-45-55(10)24-23-46(54(8,9)44(55)22-25-57(45,56)12)69-51(66)42-30-41(53(42,6)7)50(65)68-32-36-16-14-13-15-17-36/h13-17,33-34,37-42,44-46H,18-32H2,1-12H3,(H,59,67)/t37?,38?,39?,40-,41+,42-,44+,45-,46+,55+,56-,57-,58-/m1/s1. The van der Waals surface area contributed by atoms with Crippen LogP contribution in [0.4, 0.5) is 4.79 Å². The van der Waals surface area contributed by atoms with Gasteiger partial charge in [-0.3, -0.25) is 14.4 Å². The molecular weight excluding hydrogens is 863 g/mol. The second-order valence-electron chi connectivity index (χ2n) is 26.3. The van der Waals surface area contributed by atoms with Gasteiger partial charge >= 0.3 is 18.0 Å². The number of hydrogen-bond donors (Lipinski definition) is 1. The number of piperidine rings is 1. The first-order valence-corrected chi connectivity index (χ1v) is 27.2. The zero-order valence-corrected chi connectivity index (χ0v) is 44.1. The third kappa shape index (κ3) is 7.26. The van der Waals surface area contributed by atoms with E-state index in [2.05, 4.69) is 94.2 Å². The monoisotopic (exact) mass is 946 g/mol. The van der Waals surface area contributed by atoms with Gasteiger partial charge < -0.3 is 24.3 Å². The van der Waals surface area contributed by atoms with Crippen molar-refractivity contribution in [2.45, 2.75) is 215 Å². The number of carbonyl (C=O) groups is 4. The molecule has 2 aromatic rings. The number of nitrogens with one attached hydrogen (secondary N) is 1. The van der Waals surface area contributed by atoms with E-state index in [1.807, 2.05) is 44.2 Å². The van der Waals surface area contributed by atoms with E-state index in [1.54, 1.807) is 0 Å². The van der Waals surface area contributed by atoms with Crippen LogP contribution in [0.2, 0.25) is 0 Å². The van der Waals surface area contributed by atoms with E-state index in [4.69, 9.17) is 9.47 Å². The van der Waals surface area contributed by atoms with E-state index in [-0.39, 0.29) is 106 Å². The first-order chi connectivity index (χ1) is 32.5. The largest absolute Gasteiger partial charge is 0.462 e. The number of aromatic nitrogens is 3. The molecule has 11 nitrogen and oxygen atoms in total. The summed E-state index contributed by atoms with van der Waals surface area (Å²) in [5, 5.41) is 12.8. The van der Waals surface area contributed by atoms with Crippen LogP contribution in [-0.2, 0) is 30.5 Å². The lowest BCUT2D eigenvalue weighted by Crippen LogP contribution is -2.68. The smallest absolute Gasteiger partial charge is 0.318 e. The molecule has 2 unspecified atom stereocenters. The molecule has 2 aliphatic heterocycles. The van der Waals surface area contributed by atoms with Gasteiger partial charge in [0, 0.05) is 35.9 Å². The Kier molecular flexibility index (Phi) is 11.8. The molecule has 376 valence electrons. The van der Waals surface area contributed by atoms with Crippen molar-refractivity contribution in [1.82, 2.24) is 25.0 Å². The number of esters is 2. The van der Waals surface area contributed by atoms with Crippen LogP contribution in [0.1, 0.15) is 195 Å². The minimum absolute atomic E-state index is 0.0269. The zero-order valence-electron chi connectivity index (χ0n) is 44.1. The third-order valence-electron chi connectivity index (χ3n) is 21.8. The molecule has 0 radical (unpaired) electrons. The topological polar surface area (TPSA) is 133 Å². The molecular formula is C58H83N5O6. The highest BCUT2D eigenvalue weighted by Crippen LogP contribution is 2.76. The van der Waals surface area contributed by atoms with E-state index in [0.717, 1.165) is 99.8 Å². The minimum atomic E-state index is -0.643. The Balaban J connectivity index is 0.842. The number of carbonyl (C=O) groups excluding carboxylic acids is 4. The first kappa shape index (κ1) is 48.6. The van der Waals surface area contributed by atoms with Gasteiger partial charge in [0.05, 0.1) is 17.4 Å². The van der Waals surface area contributed by atoms with E-state index in [0.29, 0.717) is 24.7 Å². The molecule has 3 heterocycles. The molecule has 5 saturated carbocycles. The Labute approximate surface area is 412 Å². The number of benzene rings is 1. The number of nitrogens with zero attached hydrogens (tertiary/aromatic N) is 4. The van der Waals surface area contributed by atoms with Crippen LogP contribution >= 0.6 is 0 Å². The molecule has 1 N–H and O–H groups in total. The number of amides is 2. The summed E-state index contributed by atoms with van der Waals surface area (Å²) in [6.45, 7) is 27.5. The lowest BCUT2D eigenvalue weighted by molar-refractivity contribution is -0.235. The van der Waals surface area contributed by atoms with Crippen molar-refractivity contribution in [3.05, 3.63) is 58.7 Å². The summed E-state index contributed by atoms with van der Waals surface area (Å²) in [5.74, 6) is 2.60. The van der Waals surface area contributed by atoms with Gasteiger partial charge in [0.1, 0.15) is 24.4 Å². The summed E-state index contributed by atoms with van der Waals surface area (Å²) in [5.41, 5.74) is 1.88. The number of fused-ring (bicyclic) bond motifs is 9. The lowest BCUT2D eigenvalue weighted by atomic mass is 9.33. The Morgan fingerprint density at radius 3 is 2.06 bits per heavy atom. The van der Waals surface area contributed by atoms with Crippen molar-refractivity contribution < 1.29 is 28.7 Å². The summed E-state index contributed by atoms with van der Waals surface area (Å²) < 4.78 is 14.7. The number of ketones is 1. The molecule has 1 aromatic carbocycles. The highest BCUT2D eigenvalue weighted by Gasteiger charge is 2.71. The fourth-order valence-electron chi connectivity index (χ4n) is 17.9. The van der Waals surface area contributed by atoms with Crippen LogP contribution < -0.4 is 5.32 Å². The van der Waals surface area contributed by atoms with Gasteiger partial charge in [-0.05, 0) is 152 Å². The molecule has 2 amide bonds. The van der Waals surface area contributed by atoms with Crippen molar-refractivity contribution >= 4 is 23.8 Å². The van der Waals surface area contributed by atoms with Gasteiger partial charge in [-0.1, -0.05) is 106 Å². The van der Waals surface area contributed by atoms with Gasteiger partial charge in [0.2, 0.25) is 0 Å². The average Bonchev–Trinajstić information content (AvgIpc) is 3.91. The Hall–Kier alpha value is -4.02. The highest BCUT2D eigenvalue weighted by molar-refractivity contribution is 6.02. The minimum Gasteiger partial charge on any atom is -0.462 e. The van der Waals surface area contributed by atoms with Crippen LogP contribution in [0.25, 0.3) is 0 Å². The molecule has 6 aliphatic carbocycles. The van der Waals surface area contributed by atoms with Crippen molar-refractivity contribution in [2.24, 2.45) is 62.6 Å². The molecule has 2 saturated heterocycles. The number of hydrogen-bond acceptors (Lipinski definition) is 8. The fraction of sp³-hybridized carbons (Fsp3) is 0.759. The summed E-state index contributed by atoms with van der Waals surface area (Å²) in [4.78, 5) is 59.0. The summed E-state index contributed by atoms with van der Waals surface area (Å²) in [6, 6.07) is 10.4. The maximum atomic E-state index is 15.0. The number of ether oxygens (including phenoxy) is 2. The SMILES string of the molecule is Cc1nnc(C(C)C)n1C1CC2CCC(C1)N2C(=O)N[C@@]12CC[C@]3(C)[C@H](CC[C@@H]4[C@@]5(C)CC[C@H](OC(=O)[C@H]6C[C@@H](C(=O)OCc7ccccc7)C6(C)C)C(C)(C)[C@@H]5CC[C@]43C)C1=C(C(C)C)C(=O)C2. The Bertz CT molecular complexity index is 2410. The van der Waals surface area contributed by atoms with Crippen LogP contribution in [-0.4, -0.2) is 67.1 Å². The van der Waals surface area contributed by atoms with Gasteiger partial charge in [-0.25, -0.2) is 4.79 Å². The van der Waals surface area contributed by atoms with Gasteiger partial charge in [-0.15, -0.1) is 10.2 Å². The lowest BCUT2D eigenvalue weighted by Gasteiger charge is -2.72.